The average molecular weight is 231 g/mol. The van der Waals surface area contributed by atoms with Crippen LogP contribution >= 0.6 is 0 Å². The van der Waals surface area contributed by atoms with Gasteiger partial charge in [0.1, 0.15) is 30.2 Å². The summed E-state index contributed by atoms with van der Waals surface area (Å²) < 4.78 is 44.3. The van der Waals surface area contributed by atoms with Crippen LogP contribution in [-0.4, -0.2) is 19.1 Å². The van der Waals surface area contributed by atoms with Gasteiger partial charge in [-0.3, -0.25) is 4.79 Å². The standard InChI is InChI=1S/C10H8F3NO2/c11-5-1-6(12)10(7(13)2-5)8-3-14-9(15)4-16-8/h1-2,8H,3-4H2,(H,14,15). The van der Waals surface area contributed by atoms with Crippen molar-refractivity contribution >= 4 is 5.91 Å². The summed E-state index contributed by atoms with van der Waals surface area (Å²) in [5.74, 6) is -3.37. The molecule has 0 spiro atoms. The first-order valence-electron chi connectivity index (χ1n) is 4.60. The highest BCUT2D eigenvalue weighted by Crippen LogP contribution is 2.25. The summed E-state index contributed by atoms with van der Waals surface area (Å²) in [4.78, 5) is 10.8. The van der Waals surface area contributed by atoms with E-state index in [1.165, 1.54) is 0 Å². The number of hydrogen-bond acceptors (Lipinski definition) is 2. The Kier molecular flexibility index (Phi) is 2.82. The van der Waals surface area contributed by atoms with Gasteiger partial charge in [-0.1, -0.05) is 0 Å². The fourth-order valence-electron chi connectivity index (χ4n) is 1.54. The number of benzene rings is 1. The first-order valence-corrected chi connectivity index (χ1v) is 4.60. The van der Waals surface area contributed by atoms with Crippen molar-refractivity contribution in [2.24, 2.45) is 0 Å². The predicted molar refractivity (Wildman–Crippen MR) is 48.0 cm³/mol. The SMILES string of the molecule is O=C1COC(c2c(F)cc(F)cc2F)CN1. The molecule has 1 aliphatic rings. The lowest BCUT2D eigenvalue weighted by Crippen LogP contribution is -2.39. The van der Waals surface area contributed by atoms with Crippen molar-refractivity contribution in [3.63, 3.8) is 0 Å². The number of hydrogen-bond donors (Lipinski definition) is 1. The lowest BCUT2D eigenvalue weighted by atomic mass is 10.1. The van der Waals surface area contributed by atoms with Crippen molar-refractivity contribution in [2.75, 3.05) is 13.2 Å². The average Bonchev–Trinajstić information content (AvgIpc) is 2.19. The Morgan fingerprint density at radius 3 is 2.38 bits per heavy atom. The van der Waals surface area contributed by atoms with Crippen molar-refractivity contribution in [1.82, 2.24) is 5.32 Å². The van der Waals surface area contributed by atoms with Gasteiger partial charge in [0.15, 0.2) is 0 Å². The molecule has 2 rings (SSSR count). The van der Waals surface area contributed by atoms with E-state index in [1.807, 2.05) is 0 Å². The fourth-order valence-corrected chi connectivity index (χ4v) is 1.54. The Morgan fingerprint density at radius 1 is 1.25 bits per heavy atom. The first kappa shape index (κ1) is 10.9. The largest absolute Gasteiger partial charge is 0.362 e. The van der Waals surface area contributed by atoms with E-state index in [-0.39, 0.29) is 24.6 Å². The summed E-state index contributed by atoms with van der Waals surface area (Å²) in [6.45, 7) is -0.292. The Bertz CT molecular complexity index is 403. The van der Waals surface area contributed by atoms with Gasteiger partial charge in [-0.25, -0.2) is 13.2 Å². The van der Waals surface area contributed by atoms with Gasteiger partial charge in [0, 0.05) is 18.7 Å². The number of morpholine rings is 1. The van der Waals surface area contributed by atoms with Gasteiger partial charge in [0.05, 0.1) is 5.56 Å². The maximum atomic E-state index is 13.3. The number of halogens is 3. The van der Waals surface area contributed by atoms with Crippen LogP contribution in [0.25, 0.3) is 0 Å². The highest BCUT2D eigenvalue weighted by atomic mass is 19.1. The van der Waals surface area contributed by atoms with Crippen LogP contribution in [0.1, 0.15) is 11.7 Å². The Labute approximate surface area is 89.2 Å². The molecule has 1 N–H and O–H groups in total. The van der Waals surface area contributed by atoms with Crippen LogP contribution in [-0.2, 0) is 9.53 Å². The molecule has 0 radical (unpaired) electrons. The summed E-state index contributed by atoms with van der Waals surface area (Å²) in [5, 5.41) is 2.41. The quantitative estimate of drug-likeness (QED) is 0.790. The third-order valence-corrected chi connectivity index (χ3v) is 2.27. The minimum absolute atomic E-state index is 0.0295. The number of carbonyl (C=O) groups is 1. The molecule has 1 atom stereocenters. The number of carbonyl (C=O) groups excluding carboxylic acids is 1. The van der Waals surface area contributed by atoms with E-state index in [1.54, 1.807) is 0 Å². The van der Waals surface area contributed by atoms with Gasteiger partial charge >= 0.3 is 0 Å². The van der Waals surface area contributed by atoms with E-state index in [0.29, 0.717) is 12.1 Å². The zero-order chi connectivity index (χ0) is 11.7. The zero-order valence-corrected chi connectivity index (χ0v) is 8.10. The van der Waals surface area contributed by atoms with Crippen LogP contribution in [0.5, 0.6) is 0 Å². The van der Waals surface area contributed by atoms with E-state index in [9.17, 15) is 18.0 Å². The van der Waals surface area contributed by atoms with Gasteiger partial charge < -0.3 is 10.1 Å². The van der Waals surface area contributed by atoms with E-state index >= 15 is 0 Å². The minimum Gasteiger partial charge on any atom is -0.362 e. The van der Waals surface area contributed by atoms with E-state index in [4.69, 9.17) is 4.74 Å². The van der Waals surface area contributed by atoms with Crippen LogP contribution in [0, 0.1) is 17.5 Å². The molecule has 1 aromatic carbocycles. The molecule has 1 amide bonds. The molecule has 3 nitrogen and oxygen atoms in total. The molecule has 1 saturated heterocycles. The van der Waals surface area contributed by atoms with Crippen molar-refractivity contribution in [2.45, 2.75) is 6.10 Å². The predicted octanol–water partition coefficient (Wildman–Crippen LogP) is 1.29. The summed E-state index contributed by atoms with van der Waals surface area (Å²) in [6, 6.07) is 1.16. The summed E-state index contributed by atoms with van der Waals surface area (Å²) in [7, 11) is 0. The molecule has 16 heavy (non-hydrogen) atoms. The van der Waals surface area contributed by atoms with Crippen molar-refractivity contribution in [3.05, 3.63) is 35.1 Å². The molecule has 86 valence electrons. The van der Waals surface area contributed by atoms with Gasteiger partial charge in [-0.2, -0.15) is 0 Å². The Morgan fingerprint density at radius 2 is 1.88 bits per heavy atom. The molecular weight excluding hydrogens is 223 g/mol. The Hall–Kier alpha value is -1.56. The van der Waals surface area contributed by atoms with Gasteiger partial charge in [-0.15, -0.1) is 0 Å². The number of nitrogens with one attached hydrogen (secondary N) is 1. The van der Waals surface area contributed by atoms with Crippen molar-refractivity contribution in [3.8, 4) is 0 Å². The van der Waals surface area contributed by atoms with Crippen LogP contribution in [0.3, 0.4) is 0 Å². The van der Waals surface area contributed by atoms with Gasteiger partial charge in [0.2, 0.25) is 5.91 Å². The third kappa shape index (κ3) is 2.01. The monoisotopic (exact) mass is 231 g/mol. The summed E-state index contributed by atoms with van der Waals surface area (Å²) in [5.41, 5.74) is -0.360. The van der Waals surface area contributed by atoms with Gasteiger partial charge in [0.25, 0.3) is 0 Å². The highest BCUT2D eigenvalue weighted by molar-refractivity contribution is 5.77. The van der Waals surface area contributed by atoms with Crippen molar-refractivity contribution < 1.29 is 22.7 Å². The topological polar surface area (TPSA) is 38.3 Å². The zero-order valence-electron chi connectivity index (χ0n) is 8.10. The minimum atomic E-state index is -1.02. The number of ether oxygens (including phenoxy) is 1. The third-order valence-electron chi connectivity index (χ3n) is 2.27. The second-order valence-electron chi connectivity index (χ2n) is 3.39. The smallest absolute Gasteiger partial charge is 0.246 e. The molecule has 0 saturated carbocycles. The molecule has 1 aromatic rings. The molecule has 0 aliphatic carbocycles. The second kappa shape index (κ2) is 4.13. The summed E-state index contributed by atoms with van der Waals surface area (Å²) >= 11 is 0. The van der Waals surface area contributed by atoms with Crippen molar-refractivity contribution in [1.29, 1.82) is 0 Å². The van der Waals surface area contributed by atoms with Gasteiger partial charge in [-0.05, 0) is 0 Å². The fraction of sp³-hybridized carbons (Fsp3) is 0.300. The number of rotatable bonds is 1. The highest BCUT2D eigenvalue weighted by Gasteiger charge is 2.26. The molecule has 1 fully saturated rings. The Balaban J connectivity index is 2.30. The normalized spacial score (nSPS) is 20.7. The summed E-state index contributed by atoms with van der Waals surface area (Å²) in [6.07, 6.45) is -0.918. The molecule has 1 unspecified atom stereocenters. The molecule has 0 aromatic heterocycles. The second-order valence-corrected chi connectivity index (χ2v) is 3.39. The molecule has 0 bridgehead atoms. The molecule has 1 aliphatic heterocycles. The van der Waals surface area contributed by atoms with E-state index in [2.05, 4.69) is 5.32 Å². The molecule has 6 heteroatoms. The first-order chi connectivity index (χ1) is 7.58. The van der Waals surface area contributed by atoms with Crippen LogP contribution in [0.15, 0.2) is 12.1 Å². The molecular formula is C10H8F3NO2. The van der Waals surface area contributed by atoms with E-state index < -0.39 is 23.6 Å². The van der Waals surface area contributed by atoms with E-state index in [0.717, 1.165) is 0 Å². The molecule has 1 heterocycles. The lowest BCUT2D eigenvalue weighted by Gasteiger charge is -2.24. The maximum Gasteiger partial charge on any atom is 0.246 e. The van der Waals surface area contributed by atoms with Crippen LogP contribution in [0.2, 0.25) is 0 Å². The van der Waals surface area contributed by atoms with Crippen LogP contribution in [0.4, 0.5) is 13.2 Å². The maximum absolute atomic E-state index is 13.3. The van der Waals surface area contributed by atoms with Crippen LogP contribution < -0.4 is 5.32 Å². The number of amides is 1. The lowest BCUT2D eigenvalue weighted by molar-refractivity contribution is -0.133.